The van der Waals surface area contributed by atoms with E-state index in [1.807, 2.05) is 0 Å². The van der Waals surface area contributed by atoms with Gasteiger partial charge in [-0.3, -0.25) is 0 Å². The monoisotopic (exact) mass is 285 g/mol. The first-order valence-corrected chi connectivity index (χ1v) is 8.66. The predicted octanol–water partition coefficient (Wildman–Crippen LogP) is 3.36. The topological polar surface area (TPSA) is 41.5 Å². The van der Waals surface area contributed by atoms with Crippen LogP contribution in [0.5, 0.6) is 0 Å². The van der Waals surface area contributed by atoms with Crippen LogP contribution in [0.2, 0.25) is 0 Å². The normalized spacial score (nSPS) is 20.4. The van der Waals surface area contributed by atoms with Crippen LogP contribution in [-0.2, 0) is 4.74 Å². The van der Waals surface area contributed by atoms with Crippen LogP contribution < -0.4 is 5.32 Å². The summed E-state index contributed by atoms with van der Waals surface area (Å²) in [4.78, 5) is 0. The van der Waals surface area contributed by atoms with Gasteiger partial charge in [-0.15, -0.1) is 0 Å². The van der Waals surface area contributed by atoms with Gasteiger partial charge in [0.25, 0.3) is 0 Å². The van der Waals surface area contributed by atoms with Gasteiger partial charge >= 0.3 is 0 Å². The van der Waals surface area contributed by atoms with Crippen molar-refractivity contribution in [1.82, 2.24) is 5.32 Å². The van der Waals surface area contributed by atoms with E-state index in [0.717, 1.165) is 12.5 Å². The number of ether oxygens (including phenoxy) is 1. The van der Waals surface area contributed by atoms with E-state index < -0.39 is 0 Å². The molecule has 0 aromatic carbocycles. The lowest BCUT2D eigenvalue weighted by Crippen LogP contribution is -2.42. The minimum Gasteiger partial charge on any atom is -0.389 e. The van der Waals surface area contributed by atoms with Crippen molar-refractivity contribution >= 4 is 0 Å². The summed E-state index contributed by atoms with van der Waals surface area (Å²) in [6, 6.07) is 0.534. The minimum atomic E-state index is -0.374. The Morgan fingerprint density at radius 1 is 1.25 bits per heavy atom. The molecule has 0 aliphatic heterocycles. The molecular formula is C17H35NO2. The Morgan fingerprint density at radius 3 is 2.55 bits per heavy atom. The molecule has 2 N–H and O–H groups in total. The first kappa shape index (κ1) is 17.9. The third kappa shape index (κ3) is 7.05. The van der Waals surface area contributed by atoms with E-state index in [1.54, 1.807) is 0 Å². The fourth-order valence-corrected chi connectivity index (χ4v) is 2.76. The zero-order chi connectivity index (χ0) is 14.8. The molecule has 0 spiro atoms. The van der Waals surface area contributed by atoms with E-state index in [4.69, 9.17) is 4.74 Å². The van der Waals surface area contributed by atoms with Crippen molar-refractivity contribution < 1.29 is 9.84 Å². The zero-order valence-electron chi connectivity index (χ0n) is 13.7. The molecule has 0 bridgehead atoms. The van der Waals surface area contributed by atoms with E-state index in [2.05, 4.69) is 26.1 Å². The molecular weight excluding hydrogens is 250 g/mol. The summed E-state index contributed by atoms with van der Waals surface area (Å²) in [6.45, 7) is 8.60. The van der Waals surface area contributed by atoms with E-state index in [0.29, 0.717) is 25.1 Å². The van der Waals surface area contributed by atoms with Crippen molar-refractivity contribution in [3.63, 3.8) is 0 Å². The molecule has 0 amide bonds. The number of aliphatic hydroxyl groups excluding tert-OH is 1. The molecule has 3 nitrogen and oxygen atoms in total. The van der Waals surface area contributed by atoms with Crippen LogP contribution >= 0.6 is 0 Å². The van der Waals surface area contributed by atoms with Crippen LogP contribution in [-0.4, -0.2) is 37.0 Å². The molecule has 3 atom stereocenters. The van der Waals surface area contributed by atoms with Crippen LogP contribution in [0.15, 0.2) is 0 Å². The summed E-state index contributed by atoms with van der Waals surface area (Å²) in [5.74, 6) is 1.48. The van der Waals surface area contributed by atoms with Gasteiger partial charge in [-0.05, 0) is 38.0 Å². The van der Waals surface area contributed by atoms with E-state index in [-0.39, 0.29) is 6.10 Å². The first-order valence-electron chi connectivity index (χ1n) is 8.66. The third-order valence-corrected chi connectivity index (χ3v) is 4.74. The fraction of sp³-hybridized carbons (Fsp3) is 1.00. The van der Waals surface area contributed by atoms with Crippen LogP contribution in [0.1, 0.15) is 65.7 Å². The molecule has 1 rings (SSSR count). The SMILES string of the molecule is CCCCC(CC)COCC(O)CNC(C)C1CCC1. The van der Waals surface area contributed by atoms with Gasteiger partial charge < -0.3 is 15.2 Å². The quantitative estimate of drug-likeness (QED) is 0.578. The molecule has 1 aliphatic carbocycles. The Labute approximate surface area is 125 Å². The molecule has 120 valence electrons. The second-order valence-corrected chi connectivity index (χ2v) is 6.50. The number of hydrogen-bond acceptors (Lipinski definition) is 3. The minimum absolute atomic E-state index is 0.374. The van der Waals surface area contributed by atoms with Gasteiger partial charge in [0, 0.05) is 19.2 Å². The van der Waals surface area contributed by atoms with Crippen molar-refractivity contribution in [3.8, 4) is 0 Å². The summed E-state index contributed by atoms with van der Waals surface area (Å²) >= 11 is 0. The largest absolute Gasteiger partial charge is 0.389 e. The number of rotatable bonds is 12. The molecule has 0 aromatic rings. The highest BCUT2D eigenvalue weighted by molar-refractivity contribution is 4.80. The van der Waals surface area contributed by atoms with Crippen molar-refractivity contribution in [2.24, 2.45) is 11.8 Å². The second-order valence-electron chi connectivity index (χ2n) is 6.50. The van der Waals surface area contributed by atoms with E-state index in [1.165, 1.54) is 44.9 Å². The van der Waals surface area contributed by atoms with Crippen molar-refractivity contribution in [2.75, 3.05) is 19.8 Å². The van der Waals surface area contributed by atoms with Gasteiger partial charge in [-0.25, -0.2) is 0 Å². The van der Waals surface area contributed by atoms with Gasteiger partial charge in [0.05, 0.1) is 12.7 Å². The van der Waals surface area contributed by atoms with Crippen LogP contribution in [0.4, 0.5) is 0 Å². The van der Waals surface area contributed by atoms with Gasteiger partial charge in [0.1, 0.15) is 0 Å². The van der Waals surface area contributed by atoms with Crippen molar-refractivity contribution in [1.29, 1.82) is 0 Å². The highest BCUT2D eigenvalue weighted by Crippen LogP contribution is 2.29. The molecule has 0 aromatic heterocycles. The lowest BCUT2D eigenvalue weighted by molar-refractivity contribution is 0.0170. The lowest BCUT2D eigenvalue weighted by atomic mass is 9.80. The number of hydrogen-bond donors (Lipinski definition) is 2. The summed E-state index contributed by atoms with van der Waals surface area (Å²) in [7, 11) is 0. The highest BCUT2D eigenvalue weighted by Gasteiger charge is 2.23. The number of aliphatic hydroxyl groups is 1. The van der Waals surface area contributed by atoms with Gasteiger partial charge in [-0.2, -0.15) is 0 Å². The molecule has 0 radical (unpaired) electrons. The second kappa shape index (κ2) is 10.6. The summed E-state index contributed by atoms with van der Waals surface area (Å²) in [5, 5.41) is 13.4. The average Bonchev–Trinajstić information content (AvgIpc) is 2.38. The fourth-order valence-electron chi connectivity index (χ4n) is 2.76. The standard InChI is InChI=1S/C17H35NO2/c1-4-6-8-15(5-2)12-20-13-17(19)11-18-14(3)16-9-7-10-16/h14-19H,4-13H2,1-3H3. The molecule has 3 heteroatoms. The molecule has 1 fully saturated rings. The summed E-state index contributed by atoms with van der Waals surface area (Å²) in [6.07, 6.45) is 8.65. The highest BCUT2D eigenvalue weighted by atomic mass is 16.5. The maximum atomic E-state index is 9.94. The van der Waals surface area contributed by atoms with Crippen LogP contribution in [0, 0.1) is 11.8 Å². The van der Waals surface area contributed by atoms with Gasteiger partial charge in [-0.1, -0.05) is 39.5 Å². The molecule has 0 saturated heterocycles. The van der Waals surface area contributed by atoms with E-state index in [9.17, 15) is 5.11 Å². The molecule has 20 heavy (non-hydrogen) atoms. The zero-order valence-corrected chi connectivity index (χ0v) is 13.7. The predicted molar refractivity (Wildman–Crippen MR) is 84.9 cm³/mol. The Morgan fingerprint density at radius 2 is 2.00 bits per heavy atom. The van der Waals surface area contributed by atoms with Gasteiger partial charge in [0.2, 0.25) is 0 Å². The number of unbranched alkanes of at least 4 members (excludes halogenated alkanes) is 1. The lowest BCUT2D eigenvalue weighted by Gasteiger charge is -2.32. The van der Waals surface area contributed by atoms with Crippen LogP contribution in [0.3, 0.4) is 0 Å². The van der Waals surface area contributed by atoms with Crippen molar-refractivity contribution in [2.45, 2.75) is 77.9 Å². The smallest absolute Gasteiger partial charge is 0.0897 e. The molecule has 0 heterocycles. The Hall–Kier alpha value is -0.120. The van der Waals surface area contributed by atoms with Crippen molar-refractivity contribution in [3.05, 3.63) is 0 Å². The average molecular weight is 285 g/mol. The molecule has 1 saturated carbocycles. The number of nitrogens with one attached hydrogen (secondary N) is 1. The van der Waals surface area contributed by atoms with Crippen LogP contribution in [0.25, 0.3) is 0 Å². The van der Waals surface area contributed by atoms with E-state index >= 15 is 0 Å². The summed E-state index contributed by atoms with van der Waals surface area (Å²) in [5.41, 5.74) is 0. The Balaban J connectivity index is 2.02. The Kier molecular flexibility index (Phi) is 9.49. The Bertz CT molecular complexity index is 231. The molecule has 1 aliphatic rings. The first-order chi connectivity index (χ1) is 9.67. The third-order valence-electron chi connectivity index (χ3n) is 4.74. The summed E-state index contributed by atoms with van der Waals surface area (Å²) < 4.78 is 5.69. The maximum Gasteiger partial charge on any atom is 0.0897 e. The molecule has 3 unspecified atom stereocenters. The maximum absolute atomic E-state index is 9.94. The van der Waals surface area contributed by atoms with Gasteiger partial charge in [0.15, 0.2) is 0 Å².